The molecule has 0 spiro atoms. The van der Waals surface area contributed by atoms with Crippen molar-refractivity contribution < 1.29 is 14.2 Å². The van der Waals surface area contributed by atoms with Crippen molar-refractivity contribution in [2.75, 3.05) is 49.1 Å². The van der Waals surface area contributed by atoms with Crippen molar-refractivity contribution in [2.45, 2.75) is 6.54 Å². The first-order valence-corrected chi connectivity index (χ1v) is 22.3. The topological polar surface area (TPSA) is 37.4 Å². The maximum absolute atomic E-state index is 6.06. The first-order valence-electron chi connectivity index (χ1n) is 22.3. The van der Waals surface area contributed by atoms with Gasteiger partial charge in [0.1, 0.15) is 30.5 Å². The third-order valence-corrected chi connectivity index (χ3v) is 11.9. The highest BCUT2D eigenvalue weighted by atomic mass is 16.5. The Bertz CT molecular complexity index is 2960. The van der Waals surface area contributed by atoms with Gasteiger partial charge in [-0.3, -0.25) is 0 Å². The maximum Gasteiger partial charge on any atom is 0.122 e. The number of nitrogens with zero attached hydrogens (tertiary/aromatic N) is 3. The second-order valence-electron chi connectivity index (χ2n) is 16.2. The Morgan fingerprint density at radius 3 is 1.36 bits per heavy atom. The molecule has 0 bridgehead atoms. The zero-order chi connectivity index (χ0) is 45.1. The summed E-state index contributed by atoms with van der Waals surface area (Å²) in [5.74, 6) is 2.46. The summed E-state index contributed by atoms with van der Waals surface area (Å²) < 4.78 is 17.6. The van der Waals surface area contributed by atoms with Crippen molar-refractivity contribution in [3.63, 3.8) is 0 Å². The molecule has 0 radical (unpaired) electrons. The van der Waals surface area contributed by atoms with E-state index in [1.165, 1.54) is 16.7 Å². The van der Waals surface area contributed by atoms with Crippen LogP contribution in [0, 0.1) is 0 Å². The second kappa shape index (κ2) is 20.5. The molecule has 0 N–H and O–H groups in total. The molecule has 9 aromatic carbocycles. The minimum absolute atomic E-state index is 0.440. The number of para-hydroxylation sites is 2. The van der Waals surface area contributed by atoms with Gasteiger partial charge < -0.3 is 28.9 Å². The van der Waals surface area contributed by atoms with Gasteiger partial charge in [-0.1, -0.05) is 115 Å². The fourth-order valence-electron chi connectivity index (χ4n) is 8.18. The van der Waals surface area contributed by atoms with Gasteiger partial charge in [0.2, 0.25) is 0 Å². The molecule has 0 aliphatic rings. The van der Waals surface area contributed by atoms with Gasteiger partial charge in [0.05, 0.1) is 7.11 Å². The molecule has 6 nitrogen and oxygen atoms in total. The molecular formula is C60H53N3O3. The second-order valence-corrected chi connectivity index (χ2v) is 16.2. The standard InChI is InChI=1S/C60H53N3O3/c1-61(54-32-36-59(37-33-54)66-39-38-65-58-34-28-47(29-35-58)49-16-11-23-56(41-49)62(2)52-19-6-4-7-20-52)53-30-26-46(27-31-53)48-15-10-14-45(40-48)44-63(55-21-8-5-9-22-55)57-24-12-17-50(42-57)51-18-13-25-60(43-51)64-3/h4-37,40-43H,38-39,44H2,1-3H3. The minimum Gasteiger partial charge on any atom is -0.497 e. The van der Waals surface area contributed by atoms with E-state index in [0.717, 1.165) is 73.6 Å². The van der Waals surface area contributed by atoms with Crippen LogP contribution in [-0.4, -0.2) is 34.4 Å². The molecule has 0 unspecified atom stereocenters. The Hall–Kier alpha value is -8.22. The zero-order valence-corrected chi connectivity index (χ0v) is 37.6. The van der Waals surface area contributed by atoms with Crippen molar-refractivity contribution in [1.82, 2.24) is 0 Å². The number of ether oxygens (including phenoxy) is 3. The van der Waals surface area contributed by atoms with E-state index >= 15 is 0 Å². The molecule has 0 saturated carbocycles. The van der Waals surface area contributed by atoms with Crippen LogP contribution < -0.4 is 28.9 Å². The summed E-state index contributed by atoms with van der Waals surface area (Å²) in [6.45, 7) is 1.60. The first-order chi connectivity index (χ1) is 32.5. The number of hydrogen-bond donors (Lipinski definition) is 0. The lowest BCUT2D eigenvalue weighted by atomic mass is 10.0. The van der Waals surface area contributed by atoms with Crippen LogP contribution in [0.3, 0.4) is 0 Å². The largest absolute Gasteiger partial charge is 0.497 e. The monoisotopic (exact) mass is 863 g/mol. The number of methoxy groups -OCH3 is 1. The van der Waals surface area contributed by atoms with Gasteiger partial charge in [-0.2, -0.15) is 0 Å². The first kappa shape index (κ1) is 43.1. The van der Waals surface area contributed by atoms with Crippen molar-refractivity contribution in [2.24, 2.45) is 0 Å². The van der Waals surface area contributed by atoms with E-state index in [2.05, 4.69) is 217 Å². The third kappa shape index (κ3) is 10.4. The quantitative estimate of drug-likeness (QED) is 0.0849. The van der Waals surface area contributed by atoms with Gasteiger partial charge in [0, 0.05) is 54.8 Å². The van der Waals surface area contributed by atoms with E-state index in [4.69, 9.17) is 14.2 Å². The molecule has 0 fully saturated rings. The predicted molar refractivity (Wildman–Crippen MR) is 274 cm³/mol. The number of hydrogen-bond acceptors (Lipinski definition) is 6. The van der Waals surface area contributed by atoms with Crippen LogP contribution in [0.4, 0.5) is 34.1 Å². The van der Waals surface area contributed by atoms with E-state index in [1.54, 1.807) is 7.11 Å². The van der Waals surface area contributed by atoms with E-state index in [9.17, 15) is 0 Å². The van der Waals surface area contributed by atoms with Crippen LogP contribution in [0.2, 0.25) is 0 Å². The summed E-state index contributed by atoms with van der Waals surface area (Å²) in [5, 5.41) is 0. The molecular weight excluding hydrogens is 811 g/mol. The fraction of sp³-hybridized carbons (Fsp3) is 0.100. The Labute approximate surface area is 389 Å². The number of rotatable bonds is 17. The highest BCUT2D eigenvalue weighted by Gasteiger charge is 2.14. The summed E-state index contributed by atoms with van der Waals surface area (Å²) in [4.78, 5) is 6.75. The third-order valence-electron chi connectivity index (χ3n) is 11.9. The van der Waals surface area contributed by atoms with Crippen LogP contribution in [0.5, 0.6) is 17.2 Å². The summed E-state index contributed by atoms with van der Waals surface area (Å²) in [5.41, 5.74) is 14.8. The highest BCUT2D eigenvalue weighted by molar-refractivity contribution is 5.75. The van der Waals surface area contributed by atoms with Crippen molar-refractivity contribution in [1.29, 1.82) is 0 Å². The molecule has 0 aromatic heterocycles. The van der Waals surface area contributed by atoms with Crippen LogP contribution in [0.15, 0.2) is 231 Å². The molecule has 326 valence electrons. The Balaban J connectivity index is 0.789. The smallest absolute Gasteiger partial charge is 0.122 e. The fourth-order valence-corrected chi connectivity index (χ4v) is 8.18. The average Bonchev–Trinajstić information content (AvgIpc) is 3.40. The Kier molecular flexibility index (Phi) is 13.4. The van der Waals surface area contributed by atoms with Gasteiger partial charge in [0.15, 0.2) is 0 Å². The highest BCUT2D eigenvalue weighted by Crippen LogP contribution is 2.35. The number of anilines is 6. The van der Waals surface area contributed by atoms with E-state index in [-0.39, 0.29) is 0 Å². The lowest BCUT2D eigenvalue weighted by molar-refractivity contribution is 0.217. The summed E-state index contributed by atoms with van der Waals surface area (Å²) >= 11 is 0. The maximum atomic E-state index is 6.06. The lowest BCUT2D eigenvalue weighted by Crippen LogP contribution is -2.16. The normalized spacial score (nSPS) is 10.8. The molecule has 0 aliphatic carbocycles. The van der Waals surface area contributed by atoms with E-state index in [0.29, 0.717) is 19.8 Å². The molecule has 0 amide bonds. The van der Waals surface area contributed by atoms with Crippen LogP contribution in [0.1, 0.15) is 5.56 Å². The van der Waals surface area contributed by atoms with Crippen LogP contribution >= 0.6 is 0 Å². The van der Waals surface area contributed by atoms with Gasteiger partial charge in [-0.05, 0) is 154 Å². The van der Waals surface area contributed by atoms with Gasteiger partial charge >= 0.3 is 0 Å². The summed E-state index contributed by atoms with van der Waals surface area (Å²) in [7, 11) is 5.89. The average molecular weight is 864 g/mol. The Morgan fingerprint density at radius 2 is 0.742 bits per heavy atom. The van der Waals surface area contributed by atoms with E-state index in [1.807, 2.05) is 42.5 Å². The molecule has 66 heavy (non-hydrogen) atoms. The zero-order valence-electron chi connectivity index (χ0n) is 37.6. The number of benzene rings is 9. The predicted octanol–water partition coefficient (Wildman–Crippen LogP) is 15.0. The van der Waals surface area contributed by atoms with Gasteiger partial charge in [-0.15, -0.1) is 0 Å². The summed E-state index contributed by atoms with van der Waals surface area (Å²) in [6.07, 6.45) is 0. The van der Waals surface area contributed by atoms with Gasteiger partial charge in [-0.25, -0.2) is 0 Å². The van der Waals surface area contributed by atoms with Crippen molar-refractivity contribution >= 4 is 34.1 Å². The molecule has 0 aliphatic heterocycles. The van der Waals surface area contributed by atoms with Crippen LogP contribution in [0.25, 0.3) is 33.4 Å². The molecule has 0 atom stereocenters. The molecule has 6 heteroatoms. The molecule has 9 rings (SSSR count). The van der Waals surface area contributed by atoms with E-state index < -0.39 is 0 Å². The van der Waals surface area contributed by atoms with Gasteiger partial charge in [0.25, 0.3) is 0 Å². The molecule has 9 aromatic rings. The SMILES string of the molecule is COc1cccc(-c2cccc(N(Cc3cccc(-c4ccc(N(C)c5ccc(OCCOc6ccc(-c7cccc(N(C)c8ccccc8)c7)cc6)cc5)cc4)c3)c3ccccc3)c2)c1. The Morgan fingerprint density at radius 1 is 0.318 bits per heavy atom. The minimum atomic E-state index is 0.440. The summed E-state index contributed by atoms with van der Waals surface area (Å²) in [6, 6.07) is 80.5. The van der Waals surface area contributed by atoms with Crippen molar-refractivity contribution in [3.8, 4) is 50.6 Å². The molecule has 0 saturated heterocycles. The lowest BCUT2D eigenvalue weighted by Gasteiger charge is -2.26. The molecule has 0 heterocycles. The van der Waals surface area contributed by atoms with Crippen LogP contribution in [-0.2, 0) is 6.54 Å². The van der Waals surface area contributed by atoms with Crippen molar-refractivity contribution in [3.05, 3.63) is 236 Å².